The number of benzene rings is 2. The number of aryl methyl sites for hydroxylation is 1. The summed E-state index contributed by atoms with van der Waals surface area (Å²) in [7, 11) is 0. The number of allylic oxidation sites excluding steroid dienone is 1. The Bertz CT molecular complexity index is 982. The van der Waals surface area contributed by atoms with Crippen molar-refractivity contribution in [2.24, 2.45) is 0 Å². The molecule has 1 aliphatic rings. The first-order chi connectivity index (χ1) is 11.6. The SMILES string of the molecule is Cc1ccc2c(c1)C(=O)/C(=C/c1ccc(-c3ccccc3Cl)o1)O2. The second-order valence-corrected chi connectivity index (χ2v) is 6.03. The minimum absolute atomic E-state index is 0.135. The molecule has 0 atom stereocenters. The molecule has 118 valence electrons. The van der Waals surface area contributed by atoms with Gasteiger partial charge in [-0.3, -0.25) is 4.79 Å². The Morgan fingerprint density at radius 1 is 1.00 bits per heavy atom. The fourth-order valence-electron chi connectivity index (χ4n) is 2.67. The Morgan fingerprint density at radius 3 is 2.67 bits per heavy atom. The van der Waals surface area contributed by atoms with E-state index in [-0.39, 0.29) is 11.5 Å². The number of rotatable bonds is 2. The molecule has 4 rings (SSSR count). The van der Waals surface area contributed by atoms with Gasteiger partial charge < -0.3 is 9.15 Å². The highest BCUT2D eigenvalue weighted by molar-refractivity contribution is 6.33. The van der Waals surface area contributed by atoms with Gasteiger partial charge in [-0.05, 0) is 43.3 Å². The van der Waals surface area contributed by atoms with Gasteiger partial charge in [0, 0.05) is 11.6 Å². The van der Waals surface area contributed by atoms with E-state index in [1.807, 2.05) is 43.3 Å². The third-order valence-corrected chi connectivity index (χ3v) is 4.19. The van der Waals surface area contributed by atoms with Gasteiger partial charge in [-0.1, -0.05) is 35.4 Å². The van der Waals surface area contributed by atoms with Crippen LogP contribution < -0.4 is 4.74 Å². The van der Waals surface area contributed by atoms with Crippen LogP contribution >= 0.6 is 11.6 Å². The maximum atomic E-state index is 12.4. The Balaban J connectivity index is 1.66. The first-order valence-electron chi connectivity index (χ1n) is 7.51. The molecule has 0 saturated heterocycles. The molecular weight excluding hydrogens is 324 g/mol. The summed E-state index contributed by atoms with van der Waals surface area (Å²) in [5.74, 6) is 1.89. The molecule has 0 spiro atoms. The third-order valence-electron chi connectivity index (χ3n) is 3.86. The molecule has 4 heteroatoms. The second-order valence-electron chi connectivity index (χ2n) is 5.62. The number of Topliss-reactive ketones (excluding diaryl/α,β-unsaturated/α-hetero) is 1. The van der Waals surface area contributed by atoms with E-state index in [4.69, 9.17) is 20.8 Å². The quantitative estimate of drug-likeness (QED) is 0.578. The predicted octanol–water partition coefficient (Wildman–Crippen LogP) is 5.52. The van der Waals surface area contributed by atoms with Crippen molar-refractivity contribution < 1.29 is 13.9 Å². The Kier molecular flexibility index (Phi) is 3.51. The van der Waals surface area contributed by atoms with Gasteiger partial charge in [-0.25, -0.2) is 0 Å². The van der Waals surface area contributed by atoms with E-state index in [2.05, 4.69) is 0 Å². The molecule has 0 saturated carbocycles. The number of halogens is 1. The smallest absolute Gasteiger partial charge is 0.232 e. The van der Waals surface area contributed by atoms with Crippen LogP contribution in [0.1, 0.15) is 21.7 Å². The first-order valence-corrected chi connectivity index (χ1v) is 7.89. The number of carbonyl (C=O) groups excluding carboxylic acids is 1. The van der Waals surface area contributed by atoms with Gasteiger partial charge in [-0.2, -0.15) is 0 Å². The summed E-state index contributed by atoms with van der Waals surface area (Å²) in [4.78, 5) is 12.4. The molecule has 0 amide bonds. The molecule has 3 aromatic rings. The van der Waals surface area contributed by atoms with E-state index in [1.165, 1.54) is 0 Å². The summed E-state index contributed by atoms with van der Waals surface area (Å²) in [6.07, 6.45) is 1.61. The van der Waals surface area contributed by atoms with Gasteiger partial charge in [0.1, 0.15) is 17.3 Å². The largest absolute Gasteiger partial charge is 0.457 e. The number of furan rings is 1. The topological polar surface area (TPSA) is 39.4 Å². The summed E-state index contributed by atoms with van der Waals surface area (Å²) in [6.45, 7) is 1.94. The Hall–Kier alpha value is -2.78. The molecule has 3 nitrogen and oxygen atoms in total. The summed E-state index contributed by atoms with van der Waals surface area (Å²) >= 11 is 6.18. The summed E-state index contributed by atoms with van der Waals surface area (Å²) in [5.41, 5.74) is 2.41. The molecule has 1 aliphatic heterocycles. The average Bonchev–Trinajstić information content (AvgIpc) is 3.15. The number of hydrogen-bond donors (Lipinski definition) is 0. The first kappa shape index (κ1) is 14.8. The predicted molar refractivity (Wildman–Crippen MR) is 93.3 cm³/mol. The average molecular weight is 337 g/mol. The zero-order chi connectivity index (χ0) is 16.7. The highest BCUT2D eigenvalue weighted by Gasteiger charge is 2.27. The van der Waals surface area contributed by atoms with Crippen molar-refractivity contribution in [2.45, 2.75) is 6.92 Å². The van der Waals surface area contributed by atoms with Crippen LogP contribution in [0.2, 0.25) is 5.02 Å². The van der Waals surface area contributed by atoms with Crippen LogP contribution in [-0.4, -0.2) is 5.78 Å². The normalized spacial score (nSPS) is 14.8. The van der Waals surface area contributed by atoms with E-state index in [1.54, 1.807) is 24.3 Å². The van der Waals surface area contributed by atoms with E-state index < -0.39 is 0 Å². The number of fused-ring (bicyclic) bond motifs is 1. The minimum Gasteiger partial charge on any atom is -0.457 e. The number of carbonyl (C=O) groups is 1. The lowest BCUT2D eigenvalue weighted by Gasteiger charge is -1.99. The van der Waals surface area contributed by atoms with Crippen LogP contribution in [0.15, 0.2) is 64.8 Å². The fourth-order valence-corrected chi connectivity index (χ4v) is 2.90. The number of ketones is 1. The summed E-state index contributed by atoms with van der Waals surface area (Å²) < 4.78 is 11.4. The molecule has 0 N–H and O–H groups in total. The number of ether oxygens (including phenoxy) is 1. The second kappa shape index (κ2) is 5.69. The molecule has 0 fully saturated rings. The van der Waals surface area contributed by atoms with Crippen LogP contribution in [0, 0.1) is 6.92 Å². The molecule has 2 heterocycles. The number of hydrogen-bond acceptors (Lipinski definition) is 3. The molecule has 0 aliphatic carbocycles. The van der Waals surface area contributed by atoms with Crippen molar-refractivity contribution in [1.29, 1.82) is 0 Å². The summed E-state index contributed by atoms with van der Waals surface area (Å²) in [6, 6.07) is 16.6. The van der Waals surface area contributed by atoms with Crippen LogP contribution in [0.4, 0.5) is 0 Å². The summed E-state index contributed by atoms with van der Waals surface area (Å²) in [5, 5.41) is 0.613. The highest BCUT2D eigenvalue weighted by Crippen LogP contribution is 2.34. The van der Waals surface area contributed by atoms with Gasteiger partial charge in [-0.15, -0.1) is 0 Å². The monoisotopic (exact) mass is 336 g/mol. The van der Waals surface area contributed by atoms with Crippen LogP contribution in [-0.2, 0) is 0 Å². The molecule has 0 bridgehead atoms. The lowest BCUT2D eigenvalue weighted by atomic mass is 10.1. The van der Waals surface area contributed by atoms with Gasteiger partial charge in [0.2, 0.25) is 5.78 Å². The zero-order valence-corrected chi connectivity index (χ0v) is 13.6. The molecular formula is C20H13ClO3. The fraction of sp³-hybridized carbons (Fsp3) is 0.0500. The Labute approximate surface area is 144 Å². The van der Waals surface area contributed by atoms with Crippen molar-refractivity contribution in [3.63, 3.8) is 0 Å². The lowest BCUT2D eigenvalue weighted by molar-refractivity contribution is 0.101. The maximum Gasteiger partial charge on any atom is 0.232 e. The Morgan fingerprint density at radius 2 is 1.83 bits per heavy atom. The van der Waals surface area contributed by atoms with E-state index in [9.17, 15) is 4.79 Å². The molecule has 1 aromatic heterocycles. The van der Waals surface area contributed by atoms with Gasteiger partial charge in [0.25, 0.3) is 0 Å². The van der Waals surface area contributed by atoms with E-state index in [0.717, 1.165) is 11.1 Å². The van der Waals surface area contributed by atoms with Gasteiger partial charge >= 0.3 is 0 Å². The molecule has 24 heavy (non-hydrogen) atoms. The third kappa shape index (κ3) is 2.53. The van der Waals surface area contributed by atoms with Crippen molar-refractivity contribution in [3.8, 4) is 17.1 Å². The van der Waals surface area contributed by atoms with Crippen molar-refractivity contribution in [1.82, 2.24) is 0 Å². The highest BCUT2D eigenvalue weighted by atomic mass is 35.5. The van der Waals surface area contributed by atoms with Gasteiger partial charge in [0.15, 0.2) is 5.76 Å². The molecule has 0 radical (unpaired) electrons. The zero-order valence-electron chi connectivity index (χ0n) is 12.9. The van der Waals surface area contributed by atoms with Crippen LogP contribution in [0.3, 0.4) is 0 Å². The van der Waals surface area contributed by atoms with Crippen LogP contribution in [0.25, 0.3) is 17.4 Å². The molecule has 2 aromatic carbocycles. The lowest BCUT2D eigenvalue weighted by Crippen LogP contribution is -1.97. The van der Waals surface area contributed by atoms with E-state index >= 15 is 0 Å². The van der Waals surface area contributed by atoms with Crippen molar-refractivity contribution in [2.75, 3.05) is 0 Å². The van der Waals surface area contributed by atoms with Crippen LogP contribution in [0.5, 0.6) is 5.75 Å². The van der Waals surface area contributed by atoms with E-state index in [0.29, 0.717) is 27.9 Å². The van der Waals surface area contributed by atoms with Crippen molar-refractivity contribution in [3.05, 3.63) is 82.3 Å². The van der Waals surface area contributed by atoms with Gasteiger partial charge in [0.05, 0.1) is 10.6 Å². The van der Waals surface area contributed by atoms with Crippen molar-refractivity contribution >= 4 is 23.5 Å². The minimum atomic E-state index is -0.135. The maximum absolute atomic E-state index is 12.4. The molecule has 0 unspecified atom stereocenters. The standard InChI is InChI=1S/C20H13ClO3/c1-12-6-8-18-15(10-12)20(22)19(24-18)11-13-7-9-17(23-13)14-4-2-3-5-16(14)21/h2-11H,1H3/b19-11-.